The summed E-state index contributed by atoms with van der Waals surface area (Å²) in [6, 6.07) is 0. The standard InChI is InChI=1S/C12H22O6Si/c1-9(2)12(14)16-8-6-5-7-15-11(4)18-19-17-10(3)13/h11H,1,5-8,19H2,2-4H3. The van der Waals surface area contributed by atoms with Crippen molar-refractivity contribution >= 4 is 21.9 Å². The van der Waals surface area contributed by atoms with Crippen LogP contribution in [0, 0.1) is 0 Å². The van der Waals surface area contributed by atoms with Gasteiger partial charge in [-0.25, -0.2) is 4.79 Å². The van der Waals surface area contributed by atoms with E-state index in [1.807, 2.05) is 0 Å². The summed E-state index contributed by atoms with van der Waals surface area (Å²) < 4.78 is 20.2. The molecule has 0 saturated carbocycles. The first kappa shape index (κ1) is 17.8. The number of hydrogen-bond acceptors (Lipinski definition) is 6. The summed E-state index contributed by atoms with van der Waals surface area (Å²) in [6.45, 7) is 9.04. The molecule has 0 aromatic heterocycles. The van der Waals surface area contributed by atoms with Crippen LogP contribution in [-0.4, -0.2) is 41.4 Å². The number of rotatable bonds is 10. The van der Waals surface area contributed by atoms with Crippen LogP contribution in [0.2, 0.25) is 0 Å². The average molecular weight is 290 g/mol. The molecule has 0 aromatic carbocycles. The van der Waals surface area contributed by atoms with Gasteiger partial charge in [-0.05, 0) is 26.7 Å². The van der Waals surface area contributed by atoms with E-state index in [-0.39, 0.29) is 18.2 Å². The minimum atomic E-state index is -1.30. The van der Waals surface area contributed by atoms with Crippen molar-refractivity contribution in [2.75, 3.05) is 13.2 Å². The Kier molecular flexibility index (Phi) is 10.0. The maximum atomic E-state index is 11.0. The normalized spacial score (nSPS) is 12.4. The van der Waals surface area contributed by atoms with Gasteiger partial charge in [0.15, 0.2) is 0 Å². The molecule has 0 amide bonds. The van der Waals surface area contributed by atoms with Crippen molar-refractivity contribution in [3.05, 3.63) is 12.2 Å². The smallest absolute Gasteiger partial charge is 0.370 e. The molecule has 0 aliphatic rings. The first-order valence-electron chi connectivity index (χ1n) is 6.12. The SMILES string of the molecule is C=C(C)C(=O)OCCCCOC(C)O[SiH2]OC(C)=O. The molecule has 0 saturated heterocycles. The minimum Gasteiger partial charge on any atom is -0.499 e. The Morgan fingerprint density at radius 3 is 2.42 bits per heavy atom. The van der Waals surface area contributed by atoms with Gasteiger partial charge in [0.1, 0.15) is 6.29 Å². The van der Waals surface area contributed by atoms with Gasteiger partial charge in [0.2, 0.25) is 0 Å². The first-order chi connectivity index (χ1) is 8.93. The zero-order valence-electron chi connectivity index (χ0n) is 11.8. The van der Waals surface area contributed by atoms with Gasteiger partial charge >= 0.3 is 16.0 Å². The van der Waals surface area contributed by atoms with Crippen molar-refractivity contribution in [3.63, 3.8) is 0 Å². The van der Waals surface area contributed by atoms with E-state index in [0.29, 0.717) is 25.2 Å². The van der Waals surface area contributed by atoms with Gasteiger partial charge in [0.05, 0.1) is 6.61 Å². The Bertz CT molecular complexity index is 305. The fourth-order valence-electron chi connectivity index (χ4n) is 1.00. The maximum Gasteiger partial charge on any atom is 0.370 e. The molecule has 0 spiro atoms. The van der Waals surface area contributed by atoms with E-state index in [1.165, 1.54) is 6.92 Å². The Hall–Kier alpha value is -1.18. The number of ether oxygens (including phenoxy) is 2. The summed E-state index contributed by atoms with van der Waals surface area (Å²) in [5.41, 5.74) is 0.397. The second-order valence-electron chi connectivity index (χ2n) is 3.98. The lowest BCUT2D eigenvalue weighted by Crippen LogP contribution is -2.19. The second-order valence-corrected chi connectivity index (χ2v) is 4.84. The quantitative estimate of drug-likeness (QED) is 0.195. The Labute approximate surface area is 116 Å². The third kappa shape index (κ3) is 11.6. The van der Waals surface area contributed by atoms with Gasteiger partial charge in [-0.2, -0.15) is 0 Å². The summed E-state index contributed by atoms with van der Waals surface area (Å²) in [7, 11) is -1.30. The van der Waals surface area contributed by atoms with Crippen molar-refractivity contribution < 1.29 is 27.9 Å². The van der Waals surface area contributed by atoms with Crippen LogP contribution in [0.25, 0.3) is 0 Å². The van der Waals surface area contributed by atoms with Crippen molar-refractivity contribution in [3.8, 4) is 0 Å². The molecular formula is C12H22O6Si. The van der Waals surface area contributed by atoms with E-state index < -0.39 is 10.0 Å². The Morgan fingerprint density at radius 2 is 1.84 bits per heavy atom. The lowest BCUT2D eigenvalue weighted by Gasteiger charge is -2.13. The molecule has 0 radical (unpaired) electrons. The van der Waals surface area contributed by atoms with E-state index in [2.05, 4.69) is 6.58 Å². The van der Waals surface area contributed by atoms with Crippen molar-refractivity contribution in [1.82, 2.24) is 0 Å². The average Bonchev–Trinajstić information content (AvgIpc) is 2.32. The molecule has 0 fully saturated rings. The minimum absolute atomic E-state index is 0.335. The number of carbonyl (C=O) groups is 2. The summed E-state index contributed by atoms with van der Waals surface area (Å²) >= 11 is 0. The van der Waals surface area contributed by atoms with Crippen LogP contribution in [-0.2, 0) is 27.9 Å². The third-order valence-corrected chi connectivity index (χ3v) is 3.17. The highest BCUT2D eigenvalue weighted by Crippen LogP contribution is 1.99. The van der Waals surface area contributed by atoms with Gasteiger partial charge < -0.3 is 18.3 Å². The predicted molar refractivity (Wildman–Crippen MR) is 71.8 cm³/mol. The molecule has 1 atom stereocenters. The van der Waals surface area contributed by atoms with Crippen LogP contribution in [0.4, 0.5) is 0 Å². The van der Waals surface area contributed by atoms with E-state index in [1.54, 1.807) is 13.8 Å². The fourth-order valence-corrected chi connectivity index (χ4v) is 1.52. The highest BCUT2D eigenvalue weighted by atomic mass is 28.3. The largest absolute Gasteiger partial charge is 0.499 e. The highest BCUT2D eigenvalue weighted by molar-refractivity contribution is 6.22. The Balaban J connectivity index is 3.36. The molecule has 0 rings (SSSR count). The fraction of sp³-hybridized carbons (Fsp3) is 0.667. The van der Waals surface area contributed by atoms with E-state index in [0.717, 1.165) is 6.42 Å². The van der Waals surface area contributed by atoms with Crippen LogP contribution in [0.1, 0.15) is 33.6 Å². The van der Waals surface area contributed by atoms with E-state index in [4.69, 9.17) is 18.3 Å². The van der Waals surface area contributed by atoms with Crippen molar-refractivity contribution in [2.24, 2.45) is 0 Å². The summed E-state index contributed by atoms with van der Waals surface area (Å²) in [5, 5.41) is 0. The molecule has 6 nitrogen and oxygen atoms in total. The predicted octanol–water partition coefficient (Wildman–Crippen LogP) is 0.827. The molecule has 19 heavy (non-hydrogen) atoms. The number of carbonyl (C=O) groups excluding carboxylic acids is 2. The summed E-state index contributed by atoms with van der Waals surface area (Å²) in [5.74, 6) is -0.705. The van der Waals surface area contributed by atoms with Gasteiger partial charge in [0.25, 0.3) is 5.97 Å². The van der Waals surface area contributed by atoms with Crippen molar-refractivity contribution in [1.29, 1.82) is 0 Å². The molecule has 110 valence electrons. The molecule has 0 N–H and O–H groups in total. The highest BCUT2D eigenvalue weighted by Gasteiger charge is 2.04. The Morgan fingerprint density at radius 1 is 1.21 bits per heavy atom. The maximum absolute atomic E-state index is 11.0. The molecule has 7 heteroatoms. The van der Waals surface area contributed by atoms with Gasteiger partial charge in [0, 0.05) is 19.1 Å². The molecule has 1 unspecified atom stereocenters. The molecule has 0 heterocycles. The molecule has 0 bridgehead atoms. The summed E-state index contributed by atoms with van der Waals surface area (Å²) in [6.07, 6.45) is 1.09. The molecule has 0 aliphatic carbocycles. The van der Waals surface area contributed by atoms with Gasteiger partial charge in [-0.3, -0.25) is 4.79 Å². The number of esters is 1. The van der Waals surface area contributed by atoms with Crippen LogP contribution >= 0.6 is 0 Å². The molecule has 0 aromatic rings. The molecular weight excluding hydrogens is 268 g/mol. The van der Waals surface area contributed by atoms with E-state index >= 15 is 0 Å². The topological polar surface area (TPSA) is 71.1 Å². The van der Waals surface area contributed by atoms with Crippen LogP contribution in [0.15, 0.2) is 12.2 Å². The number of hydrogen-bond donors (Lipinski definition) is 0. The van der Waals surface area contributed by atoms with Crippen LogP contribution < -0.4 is 0 Å². The third-order valence-electron chi connectivity index (χ3n) is 2.04. The number of unbranched alkanes of at least 4 members (excludes halogenated alkanes) is 1. The van der Waals surface area contributed by atoms with Crippen LogP contribution in [0.5, 0.6) is 0 Å². The van der Waals surface area contributed by atoms with E-state index in [9.17, 15) is 9.59 Å². The lowest BCUT2D eigenvalue weighted by molar-refractivity contribution is -0.139. The first-order valence-corrected chi connectivity index (χ1v) is 7.28. The van der Waals surface area contributed by atoms with Crippen molar-refractivity contribution in [2.45, 2.75) is 39.9 Å². The van der Waals surface area contributed by atoms with Gasteiger partial charge in [-0.15, -0.1) is 0 Å². The van der Waals surface area contributed by atoms with Gasteiger partial charge in [-0.1, -0.05) is 6.58 Å². The second kappa shape index (κ2) is 10.7. The summed E-state index contributed by atoms with van der Waals surface area (Å²) in [4.78, 5) is 21.6. The molecule has 0 aliphatic heterocycles. The zero-order chi connectivity index (χ0) is 14.7. The van der Waals surface area contributed by atoms with Crippen LogP contribution in [0.3, 0.4) is 0 Å². The monoisotopic (exact) mass is 290 g/mol. The zero-order valence-corrected chi connectivity index (χ0v) is 13.2. The lowest BCUT2D eigenvalue weighted by atomic mass is 10.3.